The molecule has 2 heterocycles. The van der Waals surface area contributed by atoms with E-state index in [4.69, 9.17) is 0 Å². The van der Waals surface area contributed by atoms with Gasteiger partial charge in [0, 0.05) is 11.6 Å². The highest BCUT2D eigenvalue weighted by Gasteiger charge is 2.24. The van der Waals surface area contributed by atoms with Gasteiger partial charge in [0.1, 0.15) is 0 Å². The Kier molecular flexibility index (Phi) is 4.40. The highest BCUT2D eigenvalue weighted by atomic mass is 32.2. The molecule has 0 spiro atoms. The highest BCUT2D eigenvalue weighted by Crippen LogP contribution is 2.32. The molecule has 4 rings (SSSR count). The van der Waals surface area contributed by atoms with Crippen LogP contribution in [0.1, 0.15) is 18.0 Å². The summed E-state index contributed by atoms with van der Waals surface area (Å²) in [6.07, 6.45) is 4.49. The summed E-state index contributed by atoms with van der Waals surface area (Å²) in [5.41, 5.74) is 2.51. The number of aliphatic hydroxyl groups is 1. The van der Waals surface area contributed by atoms with Crippen LogP contribution in [0, 0.1) is 0 Å². The molecule has 1 atom stereocenters. The first-order chi connectivity index (χ1) is 12.6. The van der Waals surface area contributed by atoms with Crippen LogP contribution < -0.4 is 5.32 Å². The van der Waals surface area contributed by atoms with Gasteiger partial charge < -0.3 is 10.4 Å². The highest BCUT2D eigenvalue weighted by molar-refractivity contribution is 7.90. The topological polar surface area (TPSA) is 71.3 Å². The molecule has 0 bridgehead atoms. The van der Waals surface area contributed by atoms with Crippen LogP contribution in [0.2, 0.25) is 0 Å². The van der Waals surface area contributed by atoms with Gasteiger partial charge in [0.15, 0.2) is 0 Å². The minimum Gasteiger partial charge on any atom is -0.392 e. The van der Waals surface area contributed by atoms with Crippen LogP contribution in [-0.4, -0.2) is 30.6 Å². The van der Waals surface area contributed by atoms with Gasteiger partial charge >= 0.3 is 0 Å². The van der Waals surface area contributed by atoms with Crippen molar-refractivity contribution in [2.45, 2.75) is 17.4 Å². The maximum Gasteiger partial charge on any atom is 0.268 e. The number of para-hydroxylation sites is 1. The Labute approximate surface area is 152 Å². The van der Waals surface area contributed by atoms with Gasteiger partial charge in [-0.25, -0.2) is 12.4 Å². The van der Waals surface area contributed by atoms with Gasteiger partial charge in [0.2, 0.25) is 0 Å². The van der Waals surface area contributed by atoms with E-state index >= 15 is 0 Å². The number of benzene rings is 2. The van der Waals surface area contributed by atoms with E-state index in [1.54, 1.807) is 36.5 Å². The molecule has 1 aliphatic heterocycles. The lowest BCUT2D eigenvalue weighted by Crippen LogP contribution is -2.26. The van der Waals surface area contributed by atoms with Crippen molar-refractivity contribution in [3.8, 4) is 0 Å². The summed E-state index contributed by atoms with van der Waals surface area (Å²) in [5.74, 6) is 0. The maximum atomic E-state index is 13.2. The number of rotatable bonds is 4. The molecule has 0 unspecified atom stereocenters. The van der Waals surface area contributed by atoms with Crippen molar-refractivity contribution in [1.82, 2.24) is 9.29 Å². The minimum absolute atomic E-state index is 0.0269. The second-order valence-electron chi connectivity index (χ2n) is 6.38. The van der Waals surface area contributed by atoms with Crippen LogP contribution in [0.15, 0.2) is 77.3 Å². The average molecular weight is 368 g/mol. The van der Waals surface area contributed by atoms with E-state index in [2.05, 4.69) is 5.32 Å². The molecule has 26 heavy (non-hydrogen) atoms. The third-order valence-corrected chi connectivity index (χ3v) is 6.45. The fourth-order valence-corrected chi connectivity index (χ4v) is 4.82. The molecule has 1 aliphatic rings. The predicted octanol–water partition coefficient (Wildman–Crippen LogP) is 2.83. The van der Waals surface area contributed by atoms with Crippen LogP contribution in [0.3, 0.4) is 0 Å². The smallest absolute Gasteiger partial charge is 0.268 e. The minimum atomic E-state index is -3.68. The predicted molar refractivity (Wildman–Crippen MR) is 101 cm³/mol. The van der Waals surface area contributed by atoms with Gasteiger partial charge in [-0.05, 0) is 42.3 Å². The molecule has 5 nitrogen and oxygen atoms in total. The van der Waals surface area contributed by atoms with Crippen molar-refractivity contribution < 1.29 is 13.5 Å². The van der Waals surface area contributed by atoms with Crippen molar-refractivity contribution in [1.29, 1.82) is 0 Å². The number of hydrogen-bond acceptors (Lipinski definition) is 4. The molecule has 3 aromatic rings. The van der Waals surface area contributed by atoms with Gasteiger partial charge in [-0.15, -0.1) is 0 Å². The molecule has 2 N–H and O–H groups in total. The van der Waals surface area contributed by atoms with E-state index in [9.17, 15) is 13.5 Å². The number of aromatic nitrogens is 1. The Bertz CT molecular complexity index is 1070. The lowest BCUT2D eigenvalue weighted by Gasteiger charge is -2.21. The molecule has 134 valence electrons. The molecule has 0 amide bonds. The van der Waals surface area contributed by atoms with Crippen LogP contribution in [0.5, 0.6) is 0 Å². The Morgan fingerprint density at radius 2 is 1.81 bits per heavy atom. The van der Waals surface area contributed by atoms with Crippen molar-refractivity contribution in [2.24, 2.45) is 0 Å². The van der Waals surface area contributed by atoms with E-state index in [1.807, 2.05) is 30.3 Å². The first-order valence-electron chi connectivity index (χ1n) is 8.55. The summed E-state index contributed by atoms with van der Waals surface area (Å²) in [5, 5.41) is 13.7. The average Bonchev–Trinajstić information content (AvgIpc) is 3.09. The van der Waals surface area contributed by atoms with Crippen LogP contribution >= 0.6 is 0 Å². The molecular formula is C20H20N2O3S. The fraction of sp³-hybridized carbons (Fsp3) is 0.200. The standard InChI is InChI=1S/C20H20N2O3S/c23-14-15-10-11-21-19(12-15)18-13-22(20-9-5-4-8-17(18)20)26(24,25)16-6-2-1-3-7-16/h1-9,12-13,19,21,23H,10-11,14H2/t19-/m0/s1. The first-order valence-corrected chi connectivity index (χ1v) is 9.99. The maximum absolute atomic E-state index is 13.2. The van der Waals surface area contributed by atoms with Crippen molar-refractivity contribution in [3.05, 3.63) is 78.0 Å². The van der Waals surface area contributed by atoms with Gasteiger partial charge in [-0.2, -0.15) is 0 Å². The van der Waals surface area contributed by atoms with E-state index in [-0.39, 0.29) is 17.5 Å². The molecule has 1 aromatic heterocycles. The lowest BCUT2D eigenvalue weighted by molar-refractivity contribution is 0.321. The second kappa shape index (κ2) is 6.72. The quantitative estimate of drug-likeness (QED) is 0.695. The number of nitrogens with zero attached hydrogens (tertiary/aromatic N) is 1. The Morgan fingerprint density at radius 1 is 1.08 bits per heavy atom. The Morgan fingerprint density at radius 3 is 2.58 bits per heavy atom. The Balaban J connectivity index is 1.91. The second-order valence-corrected chi connectivity index (χ2v) is 8.20. The van der Waals surface area contributed by atoms with Crippen molar-refractivity contribution in [2.75, 3.05) is 13.2 Å². The summed E-state index contributed by atoms with van der Waals surface area (Å²) in [6.45, 7) is 0.779. The Hall–Kier alpha value is -2.41. The van der Waals surface area contributed by atoms with Crippen LogP contribution in [0.4, 0.5) is 0 Å². The molecule has 0 saturated carbocycles. The summed E-state index contributed by atoms with van der Waals surface area (Å²) >= 11 is 0. The fourth-order valence-electron chi connectivity index (χ4n) is 3.43. The van der Waals surface area contributed by atoms with E-state index in [1.165, 1.54) is 3.97 Å². The number of hydrogen-bond donors (Lipinski definition) is 2. The molecular weight excluding hydrogens is 348 g/mol. The molecule has 0 radical (unpaired) electrons. The lowest BCUT2D eigenvalue weighted by atomic mass is 9.98. The van der Waals surface area contributed by atoms with Crippen LogP contribution in [0.25, 0.3) is 10.9 Å². The third kappa shape index (κ3) is 2.86. The largest absolute Gasteiger partial charge is 0.392 e. The van der Waals surface area contributed by atoms with Gasteiger partial charge in [-0.3, -0.25) is 0 Å². The van der Waals surface area contributed by atoms with E-state index in [0.717, 1.165) is 29.5 Å². The van der Waals surface area contributed by atoms with E-state index in [0.29, 0.717) is 5.52 Å². The van der Waals surface area contributed by atoms with Crippen molar-refractivity contribution in [3.63, 3.8) is 0 Å². The molecule has 2 aromatic carbocycles. The zero-order chi connectivity index (χ0) is 18.1. The molecule has 0 aliphatic carbocycles. The van der Waals surface area contributed by atoms with Crippen molar-refractivity contribution >= 4 is 20.9 Å². The monoisotopic (exact) mass is 368 g/mol. The number of aliphatic hydroxyl groups excluding tert-OH is 1. The summed E-state index contributed by atoms with van der Waals surface area (Å²) in [6, 6.07) is 15.8. The molecule has 0 fully saturated rings. The number of fused-ring (bicyclic) bond motifs is 1. The SMILES string of the molecule is O=S(=O)(c1ccccc1)n1cc([C@@H]2C=C(CO)CCN2)c2ccccc21. The molecule has 6 heteroatoms. The van der Waals surface area contributed by atoms with Gasteiger partial charge in [0.05, 0.1) is 23.1 Å². The zero-order valence-electron chi connectivity index (χ0n) is 14.2. The number of nitrogens with one attached hydrogen (secondary N) is 1. The van der Waals surface area contributed by atoms with Gasteiger partial charge in [-0.1, -0.05) is 42.5 Å². The van der Waals surface area contributed by atoms with E-state index < -0.39 is 10.0 Å². The summed E-state index contributed by atoms with van der Waals surface area (Å²) in [4.78, 5) is 0.260. The summed E-state index contributed by atoms with van der Waals surface area (Å²) in [7, 11) is -3.68. The third-order valence-electron chi connectivity index (χ3n) is 4.76. The van der Waals surface area contributed by atoms with Gasteiger partial charge in [0.25, 0.3) is 10.0 Å². The molecule has 0 saturated heterocycles. The summed E-state index contributed by atoms with van der Waals surface area (Å²) < 4.78 is 27.7. The normalized spacial score (nSPS) is 18.0. The zero-order valence-corrected chi connectivity index (χ0v) is 15.0. The first kappa shape index (κ1) is 17.0. The van der Waals surface area contributed by atoms with Crippen LogP contribution in [-0.2, 0) is 10.0 Å².